The maximum Gasteiger partial charge on any atom is 0.135 e. The highest BCUT2D eigenvalue weighted by Gasteiger charge is 2.09. The summed E-state index contributed by atoms with van der Waals surface area (Å²) >= 11 is 3.48. The van der Waals surface area contributed by atoms with Gasteiger partial charge in [0.25, 0.3) is 0 Å². The van der Waals surface area contributed by atoms with Crippen LogP contribution in [0.2, 0.25) is 0 Å². The molecule has 0 spiro atoms. The van der Waals surface area contributed by atoms with Crippen molar-refractivity contribution in [2.24, 2.45) is 0 Å². The van der Waals surface area contributed by atoms with Crippen molar-refractivity contribution in [2.45, 2.75) is 12.8 Å². The summed E-state index contributed by atoms with van der Waals surface area (Å²) in [6.07, 6.45) is 3.99. The highest BCUT2D eigenvalue weighted by molar-refractivity contribution is 9.10. The second-order valence-electron chi connectivity index (χ2n) is 3.85. The molecule has 0 unspecified atom stereocenters. The summed E-state index contributed by atoms with van der Waals surface area (Å²) < 4.78 is 8.21. The molecule has 17 heavy (non-hydrogen) atoms. The molecule has 2 heterocycles. The smallest absolute Gasteiger partial charge is 0.135 e. The molecular weight excluding hydrogens is 282 g/mol. The first-order chi connectivity index (χ1) is 8.26. The zero-order valence-corrected chi connectivity index (χ0v) is 11.6. The molecule has 0 saturated carbocycles. The van der Waals surface area contributed by atoms with Crippen LogP contribution in [0.4, 0.5) is 0 Å². The fourth-order valence-electron chi connectivity index (χ4n) is 1.81. The predicted octanol–water partition coefficient (Wildman–Crippen LogP) is 2.26. The van der Waals surface area contributed by atoms with E-state index in [9.17, 15) is 0 Å². The lowest BCUT2D eigenvalue weighted by molar-refractivity contribution is 0.412. The van der Waals surface area contributed by atoms with E-state index in [0.29, 0.717) is 0 Å². The largest absolute Gasteiger partial charge is 0.495 e. The number of ether oxygens (including phenoxy) is 1. The van der Waals surface area contributed by atoms with Crippen molar-refractivity contribution in [1.82, 2.24) is 14.7 Å². The number of halogens is 1. The minimum absolute atomic E-state index is 0.845. The van der Waals surface area contributed by atoms with Gasteiger partial charge in [-0.3, -0.25) is 4.40 Å². The fourth-order valence-corrected chi connectivity index (χ4v) is 2.34. The van der Waals surface area contributed by atoms with E-state index in [-0.39, 0.29) is 0 Å². The van der Waals surface area contributed by atoms with Crippen LogP contribution >= 0.6 is 15.9 Å². The summed E-state index contributed by atoms with van der Waals surface area (Å²) in [6.45, 7) is 0.997. The molecule has 2 aromatic rings. The first-order valence-corrected chi connectivity index (χ1v) is 6.40. The lowest BCUT2D eigenvalue weighted by Crippen LogP contribution is -2.09. The third-order valence-corrected chi connectivity index (χ3v) is 3.28. The zero-order chi connectivity index (χ0) is 12.3. The van der Waals surface area contributed by atoms with Crippen molar-refractivity contribution >= 4 is 21.4 Å². The number of nitrogens with one attached hydrogen (secondary N) is 1. The van der Waals surface area contributed by atoms with Crippen molar-refractivity contribution in [3.05, 3.63) is 28.8 Å². The number of fused-ring (bicyclic) bond motifs is 1. The second kappa shape index (κ2) is 5.51. The second-order valence-corrected chi connectivity index (χ2v) is 4.60. The minimum Gasteiger partial charge on any atom is -0.495 e. The molecule has 0 amide bonds. The van der Waals surface area contributed by atoms with Crippen LogP contribution in [-0.2, 0) is 6.42 Å². The summed E-state index contributed by atoms with van der Waals surface area (Å²) in [6, 6.07) is 3.95. The molecule has 0 saturated heterocycles. The Morgan fingerprint density at radius 2 is 2.29 bits per heavy atom. The summed E-state index contributed by atoms with van der Waals surface area (Å²) in [5.41, 5.74) is 1.07. The third-order valence-electron chi connectivity index (χ3n) is 2.70. The van der Waals surface area contributed by atoms with E-state index >= 15 is 0 Å². The first kappa shape index (κ1) is 12.4. The van der Waals surface area contributed by atoms with Gasteiger partial charge < -0.3 is 10.1 Å². The lowest BCUT2D eigenvalue weighted by atomic mass is 10.3. The van der Waals surface area contributed by atoms with Gasteiger partial charge in [0.1, 0.15) is 16.2 Å². The summed E-state index contributed by atoms with van der Waals surface area (Å²) in [7, 11) is 3.64. The van der Waals surface area contributed by atoms with Gasteiger partial charge in [0, 0.05) is 6.42 Å². The highest BCUT2D eigenvalue weighted by Crippen LogP contribution is 2.22. The molecule has 4 nitrogen and oxygen atoms in total. The number of imidazole rings is 1. The molecule has 1 N–H and O–H groups in total. The summed E-state index contributed by atoms with van der Waals surface area (Å²) in [4.78, 5) is 4.53. The number of pyridine rings is 1. The number of hydrogen-bond acceptors (Lipinski definition) is 3. The molecule has 0 aliphatic heterocycles. The van der Waals surface area contributed by atoms with E-state index in [2.05, 4.69) is 30.6 Å². The van der Waals surface area contributed by atoms with E-state index in [1.807, 2.05) is 25.4 Å². The molecule has 0 aliphatic carbocycles. The Labute approximate surface area is 109 Å². The maximum absolute atomic E-state index is 5.24. The molecule has 0 atom stereocenters. The standard InChI is InChI=1S/C12H16BrN3O/c1-14-7-3-4-11-15-12(13)10-6-5-9(17-2)8-16(10)11/h5-6,8,14H,3-4,7H2,1-2H3. The number of aryl methyl sites for hydroxylation is 1. The first-order valence-electron chi connectivity index (χ1n) is 5.61. The van der Waals surface area contributed by atoms with Crippen LogP contribution in [0.3, 0.4) is 0 Å². The lowest BCUT2D eigenvalue weighted by Gasteiger charge is -2.04. The minimum atomic E-state index is 0.845. The van der Waals surface area contributed by atoms with Crippen molar-refractivity contribution in [2.75, 3.05) is 20.7 Å². The van der Waals surface area contributed by atoms with Gasteiger partial charge in [-0.2, -0.15) is 0 Å². The van der Waals surface area contributed by atoms with Crippen LogP contribution < -0.4 is 10.1 Å². The average Bonchev–Trinajstić information content (AvgIpc) is 2.66. The van der Waals surface area contributed by atoms with Crippen LogP contribution in [0, 0.1) is 0 Å². The van der Waals surface area contributed by atoms with E-state index in [0.717, 1.165) is 41.1 Å². The van der Waals surface area contributed by atoms with E-state index < -0.39 is 0 Å². The number of nitrogens with zero attached hydrogens (tertiary/aromatic N) is 2. The van der Waals surface area contributed by atoms with Gasteiger partial charge in [0.15, 0.2) is 0 Å². The van der Waals surface area contributed by atoms with Crippen LogP contribution in [0.15, 0.2) is 22.9 Å². The molecular formula is C12H16BrN3O. The predicted molar refractivity (Wildman–Crippen MR) is 71.7 cm³/mol. The summed E-state index contributed by atoms with van der Waals surface area (Å²) in [5, 5.41) is 3.14. The number of hydrogen-bond donors (Lipinski definition) is 1. The molecule has 92 valence electrons. The molecule has 2 rings (SSSR count). The summed E-state index contributed by atoms with van der Waals surface area (Å²) in [5.74, 6) is 1.90. The Kier molecular flexibility index (Phi) is 4.02. The molecule has 5 heteroatoms. The maximum atomic E-state index is 5.24. The van der Waals surface area contributed by atoms with Gasteiger partial charge in [-0.25, -0.2) is 4.98 Å². The Balaban J connectivity index is 2.34. The highest BCUT2D eigenvalue weighted by atomic mass is 79.9. The molecule has 2 aromatic heterocycles. The van der Waals surface area contributed by atoms with Gasteiger partial charge >= 0.3 is 0 Å². The van der Waals surface area contributed by atoms with Crippen LogP contribution in [0.25, 0.3) is 5.52 Å². The van der Waals surface area contributed by atoms with Gasteiger partial charge in [-0.05, 0) is 48.1 Å². The van der Waals surface area contributed by atoms with Crippen molar-refractivity contribution in [3.63, 3.8) is 0 Å². The monoisotopic (exact) mass is 297 g/mol. The van der Waals surface area contributed by atoms with Gasteiger partial charge in [-0.1, -0.05) is 0 Å². The number of rotatable bonds is 5. The van der Waals surface area contributed by atoms with Crippen LogP contribution in [0.1, 0.15) is 12.2 Å². The molecule has 0 aromatic carbocycles. The van der Waals surface area contributed by atoms with E-state index in [1.54, 1.807) is 7.11 Å². The number of aromatic nitrogens is 2. The van der Waals surface area contributed by atoms with Crippen LogP contribution in [0.5, 0.6) is 5.75 Å². The molecule has 0 aliphatic rings. The molecule has 0 bridgehead atoms. The Morgan fingerprint density at radius 3 is 3.00 bits per heavy atom. The third kappa shape index (κ3) is 2.61. The zero-order valence-electron chi connectivity index (χ0n) is 10.0. The van der Waals surface area contributed by atoms with E-state index in [1.165, 1.54) is 0 Å². The average molecular weight is 298 g/mol. The van der Waals surface area contributed by atoms with Crippen molar-refractivity contribution in [1.29, 1.82) is 0 Å². The Bertz CT molecular complexity index is 510. The van der Waals surface area contributed by atoms with Gasteiger partial charge in [0.2, 0.25) is 0 Å². The van der Waals surface area contributed by atoms with E-state index in [4.69, 9.17) is 4.74 Å². The topological polar surface area (TPSA) is 38.6 Å². The quantitative estimate of drug-likeness (QED) is 0.861. The SMILES string of the molecule is CNCCCc1nc(Br)c2ccc(OC)cn12. The van der Waals surface area contributed by atoms with Gasteiger partial charge in [0.05, 0.1) is 18.8 Å². The fraction of sp³-hybridized carbons (Fsp3) is 0.417. The van der Waals surface area contributed by atoms with Crippen LogP contribution in [-0.4, -0.2) is 30.1 Å². The van der Waals surface area contributed by atoms with Gasteiger partial charge in [-0.15, -0.1) is 0 Å². The van der Waals surface area contributed by atoms with Crippen molar-refractivity contribution in [3.8, 4) is 5.75 Å². The molecule has 0 radical (unpaired) electrons. The number of methoxy groups -OCH3 is 1. The Hall–Kier alpha value is -1.07. The van der Waals surface area contributed by atoms with Crippen molar-refractivity contribution < 1.29 is 4.74 Å². The normalized spacial score (nSPS) is 11.0. The Morgan fingerprint density at radius 1 is 1.47 bits per heavy atom. The molecule has 0 fully saturated rings.